The standard InChI is InChI=1S/C12H21NO4/c1-2-3-5-12(14)17-11-10-16-9-8-15-7-4-6-13/h2-5,7-11H2,1H3. The van der Waals surface area contributed by atoms with Gasteiger partial charge in [-0.1, -0.05) is 13.3 Å². The lowest BCUT2D eigenvalue weighted by Crippen LogP contribution is -2.12. The minimum Gasteiger partial charge on any atom is -0.463 e. The Morgan fingerprint density at radius 1 is 1.12 bits per heavy atom. The summed E-state index contributed by atoms with van der Waals surface area (Å²) in [6, 6.07) is 1.98. The van der Waals surface area contributed by atoms with Crippen LogP contribution in [0.1, 0.15) is 32.6 Å². The number of rotatable bonds is 11. The molecular weight excluding hydrogens is 222 g/mol. The zero-order valence-electron chi connectivity index (χ0n) is 10.4. The van der Waals surface area contributed by atoms with E-state index in [1.54, 1.807) is 0 Å². The first-order chi connectivity index (χ1) is 8.31. The van der Waals surface area contributed by atoms with Crippen molar-refractivity contribution in [1.82, 2.24) is 0 Å². The van der Waals surface area contributed by atoms with Crippen LogP contribution >= 0.6 is 0 Å². The summed E-state index contributed by atoms with van der Waals surface area (Å²) in [7, 11) is 0. The van der Waals surface area contributed by atoms with Crippen LogP contribution in [-0.4, -0.2) is 39.0 Å². The molecule has 98 valence electrons. The topological polar surface area (TPSA) is 68.6 Å². The molecule has 0 amide bonds. The minimum absolute atomic E-state index is 0.166. The van der Waals surface area contributed by atoms with Gasteiger partial charge in [0, 0.05) is 6.42 Å². The molecule has 0 aromatic rings. The molecule has 0 aliphatic heterocycles. The Kier molecular flexibility index (Phi) is 12.1. The molecule has 0 aliphatic rings. The predicted molar refractivity (Wildman–Crippen MR) is 62.4 cm³/mol. The lowest BCUT2D eigenvalue weighted by molar-refractivity contribution is -0.145. The van der Waals surface area contributed by atoms with Gasteiger partial charge in [-0.2, -0.15) is 5.26 Å². The number of esters is 1. The molecule has 0 unspecified atom stereocenters. The number of unbranched alkanes of at least 4 members (excludes halogenated alkanes) is 1. The second-order valence-electron chi connectivity index (χ2n) is 3.46. The van der Waals surface area contributed by atoms with Crippen molar-refractivity contribution in [2.75, 3.05) is 33.0 Å². The van der Waals surface area contributed by atoms with Crippen LogP contribution in [-0.2, 0) is 19.0 Å². The Balaban J connectivity index is 3.08. The highest BCUT2D eigenvalue weighted by Crippen LogP contribution is 1.96. The van der Waals surface area contributed by atoms with E-state index >= 15 is 0 Å². The van der Waals surface area contributed by atoms with Gasteiger partial charge in [0.1, 0.15) is 6.61 Å². The third kappa shape index (κ3) is 12.8. The Labute approximate surface area is 103 Å². The normalized spacial score (nSPS) is 9.88. The molecule has 5 nitrogen and oxygen atoms in total. The number of carbonyl (C=O) groups excluding carboxylic acids is 1. The molecule has 5 heteroatoms. The largest absolute Gasteiger partial charge is 0.463 e. The van der Waals surface area contributed by atoms with Crippen molar-refractivity contribution in [1.29, 1.82) is 5.26 Å². The molecule has 0 radical (unpaired) electrons. The number of hydrogen-bond donors (Lipinski definition) is 0. The summed E-state index contributed by atoms with van der Waals surface area (Å²) in [5.74, 6) is -0.166. The van der Waals surface area contributed by atoms with Crippen molar-refractivity contribution in [3.8, 4) is 6.07 Å². The van der Waals surface area contributed by atoms with Gasteiger partial charge in [0.05, 0.1) is 38.9 Å². The second-order valence-corrected chi connectivity index (χ2v) is 3.46. The lowest BCUT2D eigenvalue weighted by atomic mass is 10.2. The Hall–Kier alpha value is -1.12. The number of hydrogen-bond acceptors (Lipinski definition) is 5. The van der Waals surface area contributed by atoms with Crippen LogP contribution < -0.4 is 0 Å². The molecule has 0 aromatic carbocycles. The van der Waals surface area contributed by atoms with Gasteiger partial charge in [-0.05, 0) is 6.42 Å². The van der Waals surface area contributed by atoms with Gasteiger partial charge in [-0.25, -0.2) is 0 Å². The number of nitrogens with zero attached hydrogens (tertiary/aromatic N) is 1. The molecule has 0 saturated carbocycles. The van der Waals surface area contributed by atoms with Gasteiger partial charge in [0.2, 0.25) is 0 Å². The van der Waals surface area contributed by atoms with Gasteiger partial charge in [-0.3, -0.25) is 4.79 Å². The van der Waals surface area contributed by atoms with Gasteiger partial charge in [0.25, 0.3) is 0 Å². The first kappa shape index (κ1) is 15.9. The molecule has 0 atom stereocenters. The molecule has 0 bridgehead atoms. The highest BCUT2D eigenvalue weighted by Gasteiger charge is 2.00. The van der Waals surface area contributed by atoms with Gasteiger partial charge < -0.3 is 14.2 Å². The fourth-order valence-electron chi connectivity index (χ4n) is 1.05. The smallest absolute Gasteiger partial charge is 0.305 e. The van der Waals surface area contributed by atoms with Crippen LogP contribution in [0.5, 0.6) is 0 Å². The lowest BCUT2D eigenvalue weighted by Gasteiger charge is -2.06. The van der Waals surface area contributed by atoms with Crippen LogP contribution in [0.3, 0.4) is 0 Å². The molecule has 0 rings (SSSR count). The Morgan fingerprint density at radius 2 is 1.76 bits per heavy atom. The van der Waals surface area contributed by atoms with E-state index in [1.165, 1.54) is 0 Å². The van der Waals surface area contributed by atoms with Crippen LogP contribution in [0.4, 0.5) is 0 Å². The third-order valence-corrected chi connectivity index (χ3v) is 1.96. The zero-order valence-corrected chi connectivity index (χ0v) is 10.4. The van der Waals surface area contributed by atoms with E-state index in [4.69, 9.17) is 19.5 Å². The van der Waals surface area contributed by atoms with E-state index in [0.717, 1.165) is 12.8 Å². The average molecular weight is 243 g/mol. The molecule has 0 fully saturated rings. The monoisotopic (exact) mass is 243 g/mol. The van der Waals surface area contributed by atoms with E-state index in [0.29, 0.717) is 45.9 Å². The number of nitriles is 1. The van der Waals surface area contributed by atoms with Gasteiger partial charge in [-0.15, -0.1) is 0 Å². The fourth-order valence-corrected chi connectivity index (χ4v) is 1.05. The molecule has 0 aliphatic carbocycles. The highest BCUT2D eigenvalue weighted by molar-refractivity contribution is 5.69. The van der Waals surface area contributed by atoms with Crippen molar-refractivity contribution in [3.63, 3.8) is 0 Å². The summed E-state index contributed by atoms with van der Waals surface area (Å²) >= 11 is 0. The predicted octanol–water partition coefficient (Wildman–Crippen LogP) is 1.67. The third-order valence-electron chi connectivity index (χ3n) is 1.96. The number of ether oxygens (including phenoxy) is 3. The molecule has 0 N–H and O–H groups in total. The van der Waals surface area contributed by atoms with Gasteiger partial charge in [0.15, 0.2) is 0 Å². The molecule has 0 saturated heterocycles. The first-order valence-corrected chi connectivity index (χ1v) is 5.99. The van der Waals surface area contributed by atoms with E-state index in [-0.39, 0.29) is 5.97 Å². The van der Waals surface area contributed by atoms with Crippen LogP contribution in [0.15, 0.2) is 0 Å². The van der Waals surface area contributed by atoms with Crippen LogP contribution in [0.25, 0.3) is 0 Å². The van der Waals surface area contributed by atoms with Crippen molar-refractivity contribution in [3.05, 3.63) is 0 Å². The van der Waals surface area contributed by atoms with Crippen molar-refractivity contribution < 1.29 is 19.0 Å². The van der Waals surface area contributed by atoms with Crippen molar-refractivity contribution >= 4 is 5.97 Å². The molecule has 0 spiro atoms. The molecular formula is C12H21NO4. The Morgan fingerprint density at radius 3 is 2.41 bits per heavy atom. The van der Waals surface area contributed by atoms with E-state index in [9.17, 15) is 4.79 Å². The number of carbonyl (C=O) groups is 1. The molecule has 17 heavy (non-hydrogen) atoms. The van der Waals surface area contributed by atoms with Gasteiger partial charge >= 0.3 is 5.97 Å². The van der Waals surface area contributed by atoms with E-state index in [2.05, 4.69) is 0 Å². The summed E-state index contributed by atoms with van der Waals surface area (Å²) in [6.07, 6.45) is 2.74. The quantitative estimate of drug-likeness (QED) is 0.408. The summed E-state index contributed by atoms with van der Waals surface area (Å²) < 4.78 is 15.2. The van der Waals surface area contributed by atoms with Crippen molar-refractivity contribution in [2.45, 2.75) is 32.6 Å². The summed E-state index contributed by atoms with van der Waals surface area (Å²) in [6.45, 7) is 4.07. The fraction of sp³-hybridized carbons (Fsp3) is 0.833. The minimum atomic E-state index is -0.166. The molecule has 0 aromatic heterocycles. The Bertz CT molecular complexity index is 225. The van der Waals surface area contributed by atoms with E-state index in [1.807, 2.05) is 13.0 Å². The maximum absolute atomic E-state index is 11.1. The van der Waals surface area contributed by atoms with E-state index < -0.39 is 0 Å². The summed E-state index contributed by atoms with van der Waals surface area (Å²) in [5, 5.41) is 8.24. The summed E-state index contributed by atoms with van der Waals surface area (Å²) in [4.78, 5) is 11.1. The van der Waals surface area contributed by atoms with Crippen LogP contribution in [0.2, 0.25) is 0 Å². The highest BCUT2D eigenvalue weighted by atomic mass is 16.6. The maximum Gasteiger partial charge on any atom is 0.305 e. The average Bonchev–Trinajstić information content (AvgIpc) is 2.34. The second kappa shape index (κ2) is 12.9. The summed E-state index contributed by atoms with van der Waals surface area (Å²) in [5.41, 5.74) is 0. The SMILES string of the molecule is CCCCC(=O)OCCOCCOCCC#N. The van der Waals surface area contributed by atoms with Crippen LogP contribution in [0, 0.1) is 11.3 Å². The maximum atomic E-state index is 11.1. The van der Waals surface area contributed by atoms with Crippen molar-refractivity contribution in [2.24, 2.45) is 0 Å². The zero-order chi connectivity index (χ0) is 12.8. The molecule has 0 heterocycles. The first-order valence-electron chi connectivity index (χ1n) is 5.99.